The summed E-state index contributed by atoms with van der Waals surface area (Å²) in [6, 6.07) is 4.48. The van der Waals surface area contributed by atoms with Crippen LogP contribution in [0.3, 0.4) is 0 Å². The first-order valence-electron chi connectivity index (χ1n) is 8.39. The molecule has 1 aromatic rings. The van der Waals surface area contributed by atoms with Gasteiger partial charge in [0.1, 0.15) is 5.75 Å². The second-order valence-electron chi connectivity index (χ2n) is 5.21. The third-order valence-electron chi connectivity index (χ3n) is 3.18. The standard InChI is InChI=1S/C17H26ClF2N3O3.HI/c1-3-21-17(22-7-4-8-25-10-9-24-2)23-12-13-11-14(18)5-6-15(13)26-16(19)20;/h5-6,11,16H,3-4,7-10,12H2,1-2H3,(H2,21,22,23);1H. The number of hydrogen-bond acceptors (Lipinski definition) is 4. The summed E-state index contributed by atoms with van der Waals surface area (Å²) in [5, 5.41) is 6.69. The Balaban J connectivity index is 0.00000676. The molecule has 0 aromatic heterocycles. The first-order valence-corrected chi connectivity index (χ1v) is 8.76. The van der Waals surface area contributed by atoms with Gasteiger partial charge >= 0.3 is 6.61 Å². The third kappa shape index (κ3) is 12.2. The summed E-state index contributed by atoms with van der Waals surface area (Å²) in [6.07, 6.45) is 0.797. The minimum Gasteiger partial charge on any atom is -0.434 e. The van der Waals surface area contributed by atoms with Crippen LogP contribution in [0.5, 0.6) is 5.75 Å². The molecule has 0 unspecified atom stereocenters. The van der Waals surface area contributed by atoms with E-state index < -0.39 is 6.61 Å². The molecule has 27 heavy (non-hydrogen) atoms. The molecule has 1 aromatic carbocycles. The van der Waals surface area contributed by atoms with Gasteiger partial charge in [-0.05, 0) is 31.5 Å². The van der Waals surface area contributed by atoms with E-state index in [-0.39, 0.29) is 36.3 Å². The zero-order valence-electron chi connectivity index (χ0n) is 15.5. The van der Waals surface area contributed by atoms with Crippen LogP contribution < -0.4 is 15.4 Å². The highest BCUT2D eigenvalue weighted by molar-refractivity contribution is 14.0. The van der Waals surface area contributed by atoms with Gasteiger partial charge in [-0.15, -0.1) is 24.0 Å². The minimum absolute atomic E-state index is 0. The molecule has 0 saturated heterocycles. The van der Waals surface area contributed by atoms with Gasteiger partial charge in [0.2, 0.25) is 0 Å². The van der Waals surface area contributed by atoms with Crippen LogP contribution in [0.15, 0.2) is 23.2 Å². The van der Waals surface area contributed by atoms with Crippen LogP contribution in [0, 0.1) is 0 Å². The van der Waals surface area contributed by atoms with Crippen LogP contribution >= 0.6 is 35.6 Å². The van der Waals surface area contributed by atoms with Crippen molar-refractivity contribution in [2.45, 2.75) is 26.5 Å². The Bertz CT molecular complexity index is 554. The number of nitrogens with zero attached hydrogens (tertiary/aromatic N) is 1. The maximum Gasteiger partial charge on any atom is 0.387 e. The van der Waals surface area contributed by atoms with Crippen molar-refractivity contribution in [3.63, 3.8) is 0 Å². The Kier molecular flexibility index (Phi) is 15.5. The lowest BCUT2D eigenvalue weighted by Gasteiger charge is -2.13. The fourth-order valence-corrected chi connectivity index (χ4v) is 2.21. The van der Waals surface area contributed by atoms with E-state index in [2.05, 4.69) is 20.4 Å². The van der Waals surface area contributed by atoms with Crippen LogP contribution in [0.4, 0.5) is 8.78 Å². The number of nitrogens with one attached hydrogen (secondary N) is 2. The molecule has 0 heterocycles. The summed E-state index contributed by atoms with van der Waals surface area (Å²) in [5.74, 6) is 0.642. The number of aliphatic imine (C=N–C) groups is 1. The molecule has 0 bridgehead atoms. The highest BCUT2D eigenvalue weighted by atomic mass is 127. The van der Waals surface area contributed by atoms with Crippen LogP contribution in [0.1, 0.15) is 18.9 Å². The minimum atomic E-state index is -2.90. The lowest BCUT2D eigenvalue weighted by molar-refractivity contribution is -0.0504. The number of methoxy groups -OCH3 is 1. The van der Waals surface area contributed by atoms with E-state index in [0.29, 0.717) is 49.5 Å². The molecule has 1 rings (SSSR count). The van der Waals surface area contributed by atoms with E-state index in [1.807, 2.05) is 6.92 Å². The molecule has 156 valence electrons. The average Bonchev–Trinajstić information content (AvgIpc) is 2.60. The van der Waals surface area contributed by atoms with Crippen LogP contribution in [0.25, 0.3) is 0 Å². The van der Waals surface area contributed by atoms with Crippen molar-refractivity contribution < 1.29 is 23.0 Å². The topological polar surface area (TPSA) is 64.1 Å². The third-order valence-corrected chi connectivity index (χ3v) is 3.42. The van der Waals surface area contributed by atoms with Crippen molar-refractivity contribution >= 4 is 41.5 Å². The van der Waals surface area contributed by atoms with Gasteiger partial charge in [-0.25, -0.2) is 4.99 Å². The van der Waals surface area contributed by atoms with Gasteiger partial charge in [-0.2, -0.15) is 8.78 Å². The molecule has 10 heteroatoms. The van der Waals surface area contributed by atoms with Gasteiger partial charge in [0.25, 0.3) is 0 Å². The summed E-state index contributed by atoms with van der Waals surface area (Å²) < 4.78 is 39.8. The van der Waals surface area contributed by atoms with Crippen molar-refractivity contribution in [2.24, 2.45) is 4.99 Å². The number of guanidine groups is 1. The number of halogens is 4. The maximum atomic E-state index is 12.5. The lowest BCUT2D eigenvalue weighted by Crippen LogP contribution is -2.38. The summed E-state index contributed by atoms with van der Waals surface area (Å²) in [4.78, 5) is 4.39. The Morgan fingerprint density at radius 2 is 2.00 bits per heavy atom. The summed E-state index contributed by atoms with van der Waals surface area (Å²) in [7, 11) is 1.63. The highest BCUT2D eigenvalue weighted by Gasteiger charge is 2.10. The number of benzene rings is 1. The Morgan fingerprint density at radius 1 is 1.22 bits per heavy atom. The average molecular weight is 522 g/mol. The Morgan fingerprint density at radius 3 is 2.67 bits per heavy atom. The smallest absolute Gasteiger partial charge is 0.387 e. The van der Waals surface area contributed by atoms with E-state index in [0.717, 1.165) is 6.42 Å². The molecular formula is C17H27ClF2IN3O3. The molecule has 0 atom stereocenters. The predicted octanol–water partition coefficient (Wildman–Crippen LogP) is 3.67. The Labute approximate surface area is 181 Å². The van der Waals surface area contributed by atoms with Gasteiger partial charge in [-0.3, -0.25) is 0 Å². The zero-order valence-corrected chi connectivity index (χ0v) is 18.6. The normalized spacial score (nSPS) is 11.3. The number of hydrogen-bond donors (Lipinski definition) is 2. The monoisotopic (exact) mass is 521 g/mol. The molecule has 0 aliphatic carbocycles. The fourth-order valence-electron chi connectivity index (χ4n) is 2.01. The number of alkyl halides is 2. The molecule has 0 aliphatic rings. The van der Waals surface area contributed by atoms with Crippen molar-refractivity contribution in [1.82, 2.24) is 10.6 Å². The first-order chi connectivity index (χ1) is 12.6. The van der Waals surface area contributed by atoms with E-state index in [1.165, 1.54) is 12.1 Å². The van der Waals surface area contributed by atoms with E-state index in [9.17, 15) is 8.78 Å². The van der Waals surface area contributed by atoms with Crippen molar-refractivity contribution in [3.8, 4) is 5.75 Å². The molecule has 2 N–H and O–H groups in total. The molecule has 0 fully saturated rings. The molecule has 6 nitrogen and oxygen atoms in total. The first kappa shape index (κ1) is 26.1. The second-order valence-corrected chi connectivity index (χ2v) is 5.65. The summed E-state index contributed by atoms with van der Waals surface area (Å²) in [5.41, 5.74) is 0.484. The molecule has 0 spiro atoms. The molecule has 0 aliphatic heterocycles. The summed E-state index contributed by atoms with van der Waals surface area (Å²) >= 11 is 5.94. The quantitative estimate of drug-likeness (QED) is 0.190. The summed E-state index contributed by atoms with van der Waals surface area (Å²) in [6.45, 7) is 2.27. The SMILES string of the molecule is CCNC(=NCc1cc(Cl)ccc1OC(F)F)NCCCOCCOC.I. The lowest BCUT2D eigenvalue weighted by atomic mass is 10.2. The van der Waals surface area contributed by atoms with Crippen LogP contribution in [-0.4, -0.2) is 52.6 Å². The largest absolute Gasteiger partial charge is 0.434 e. The van der Waals surface area contributed by atoms with E-state index >= 15 is 0 Å². The van der Waals surface area contributed by atoms with Gasteiger partial charge < -0.3 is 24.8 Å². The van der Waals surface area contributed by atoms with Gasteiger partial charge in [0.15, 0.2) is 5.96 Å². The predicted molar refractivity (Wildman–Crippen MR) is 114 cm³/mol. The molecule has 0 radical (unpaired) electrons. The van der Waals surface area contributed by atoms with Crippen molar-refractivity contribution in [1.29, 1.82) is 0 Å². The maximum absolute atomic E-state index is 12.5. The number of rotatable bonds is 12. The highest BCUT2D eigenvalue weighted by Crippen LogP contribution is 2.25. The van der Waals surface area contributed by atoms with Gasteiger partial charge in [0.05, 0.1) is 19.8 Å². The zero-order chi connectivity index (χ0) is 19.2. The molecule has 0 saturated carbocycles. The van der Waals surface area contributed by atoms with Crippen LogP contribution in [0.2, 0.25) is 5.02 Å². The van der Waals surface area contributed by atoms with Gasteiger partial charge in [-0.1, -0.05) is 11.6 Å². The van der Waals surface area contributed by atoms with Gasteiger partial charge in [0, 0.05) is 37.4 Å². The van der Waals surface area contributed by atoms with Crippen molar-refractivity contribution in [2.75, 3.05) is 40.0 Å². The number of ether oxygens (including phenoxy) is 3. The second kappa shape index (κ2) is 16.1. The molecule has 0 amide bonds. The van der Waals surface area contributed by atoms with E-state index in [1.54, 1.807) is 13.2 Å². The van der Waals surface area contributed by atoms with Crippen LogP contribution in [-0.2, 0) is 16.0 Å². The fraction of sp³-hybridized carbons (Fsp3) is 0.588. The molecular weight excluding hydrogens is 495 g/mol. The Hall–Kier alpha value is -0.910. The van der Waals surface area contributed by atoms with Crippen molar-refractivity contribution in [3.05, 3.63) is 28.8 Å². The van der Waals surface area contributed by atoms with E-state index in [4.69, 9.17) is 21.1 Å².